The Bertz CT molecular complexity index is 515. The maximum absolute atomic E-state index is 12.4. The second-order valence-electron chi connectivity index (χ2n) is 4.45. The molecule has 0 aliphatic carbocycles. The molecule has 0 atom stereocenters. The van der Waals surface area contributed by atoms with E-state index in [0.717, 1.165) is 22.6 Å². The van der Waals surface area contributed by atoms with Crippen molar-refractivity contribution >= 4 is 0 Å². The molecule has 0 spiro atoms. The predicted molar refractivity (Wildman–Crippen MR) is 67.9 cm³/mol. The first kappa shape index (κ1) is 13.7. The molecule has 102 valence electrons. The molecule has 1 aromatic carbocycles. The van der Waals surface area contributed by atoms with Gasteiger partial charge in [-0.1, -0.05) is 29.4 Å². The molecule has 0 bridgehead atoms. The lowest BCUT2D eigenvalue weighted by atomic mass is 10.1. The van der Waals surface area contributed by atoms with E-state index in [1.54, 1.807) is 12.1 Å². The van der Waals surface area contributed by atoms with Gasteiger partial charge in [0.15, 0.2) is 0 Å². The average molecular weight is 266 g/mol. The molecule has 2 rings (SSSR count). The number of hydrogen-bond donors (Lipinski definition) is 1. The third-order valence-electron chi connectivity index (χ3n) is 3.04. The number of rotatable bonds is 5. The Kier molecular flexibility index (Phi) is 4.27. The molecule has 0 amide bonds. The zero-order chi connectivity index (χ0) is 13.8. The monoisotopic (exact) mass is 266 g/mol. The van der Waals surface area contributed by atoms with Crippen molar-refractivity contribution in [1.29, 1.82) is 0 Å². The maximum atomic E-state index is 12.4. The fraction of sp³-hybridized carbons (Fsp3) is 0.357. The maximum Gasteiger partial charge on any atom is 0.263 e. The van der Waals surface area contributed by atoms with E-state index in [2.05, 4.69) is 10.5 Å². The number of halogens is 2. The van der Waals surface area contributed by atoms with Crippen molar-refractivity contribution in [3.8, 4) is 0 Å². The van der Waals surface area contributed by atoms with Gasteiger partial charge < -0.3 is 9.84 Å². The van der Waals surface area contributed by atoms with Gasteiger partial charge in [-0.15, -0.1) is 0 Å². The Morgan fingerprint density at radius 3 is 2.37 bits per heavy atom. The third-order valence-corrected chi connectivity index (χ3v) is 3.04. The molecule has 1 aromatic heterocycles. The SMILES string of the molecule is Cc1noc(C)c1CNCc1ccc(C(F)F)cc1. The highest BCUT2D eigenvalue weighted by Gasteiger charge is 2.08. The molecule has 2 aromatic rings. The van der Waals surface area contributed by atoms with Gasteiger partial charge in [-0.25, -0.2) is 8.78 Å². The number of nitrogens with zero attached hydrogens (tertiary/aromatic N) is 1. The van der Waals surface area contributed by atoms with E-state index in [1.807, 2.05) is 13.8 Å². The summed E-state index contributed by atoms with van der Waals surface area (Å²) >= 11 is 0. The molecular weight excluding hydrogens is 250 g/mol. The van der Waals surface area contributed by atoms with Gasteiger partial charge in [0.05, 0.1) is 5.69 Å². The number of benzene rings is 1. The Hall–Kier alpha value is -1.75. The number of aromatic nitrogens is 1. The van der Waals surface area contributed by atoms with Crippen LogP contribution in [0.25, 0.3) is 0 Å². The van der Waals surface area contributed by atoms with E-state index in [1.165, 1.54) is 12.1 Å². The second kappa shape index (κ2) is 5.93. The quantitative estimate of drug-likeness (QED) is 0.899. The van der Waals surface area contributed by atoms with Crippen LogP contribution in [-0.4, -0.2) is 5.16 Å². The van der Waals surface area contributed by atoms with Crippen LogP contribution in [0.2, 0.25) is 0 Å². The highest BCUT2D eigenvalue weighted by atomic mass is 19.3. The summed E-state index contributed by atoms with van der Waals surface area (Å²) in [4.78, 5) is 0. The van der Waals surface area contributed by atoms with E-state index in [9.17, 15) is 8.78 Å². The van der Waals surface area contributed by atoms with Crippen molar-refractivity contribution in [2.45, 2.75) is 33.4 Å². The lowest BCUT2D eigenvalue weighted by molar-refractivity contribution is 0.151. The smallest absolute Gasteiger partial charge is 0.263 e. The predicted octanol–water partition coefficient (Wildman–Crippen LogP) is 3.52. The normalized spacial score (nSPS) is 11.2. The van der Waals surface area contributed by atoms with Gasteiger partial charge in [0, 0.05) is 24.2 Å². The molecule has 1 N–H and O–H groups in total. The molecule has 5 heteroatoms. The summed E-state index contributed by atoms with van der Waals surface area (Å²) in [5.74, 6) is 0.804. The summed E-state index contributed by atoms with van der Waals surface area (Å²) in [5.41, 5.74) is 2.94. The van der Waals surface area contributed by atoms with Crippen LogP contribution in [0, 0.1) is 13.8 Å². The van der Waals surface area contributed by atoms with Gasteiger partial charge in [-0.2, -0.15) is 0 Å². The van der Waals surface area contributed by atoms with Crippen LogP contribution in [0.5, 0.6) is 0 Å². The average Bonchev–Trinajstić information content (AvgIpc) is 2.71. The minimum absolute atomic E-state index is 0.0504. The molecule has 3 nitrogen and oxygen atoms in total. The summed E-state index contributed by atoms with van der Waals surface area (Å²) in [7, 11) is 0. The van der Waals surface area contributed by atoms with Crippen LogP contribution in [0.15, 0.2) is 28.8 Å². The van der Waals surface area contributed by atoms with Gasteiger partial charge in [-0.3, -0.25) is 0 Å². The summed E-state index contributed by atoms with van der Waals surface area (Å²) in [5, 5.41) is 7.12. The molecule has 19 heavy (non-hydrogen) atoms. The molecule has 0 fully saturated rings. The van der Waals surface area contributed by atoms with Gasteiger partial charge in [-0.05, 0) is 19.4 Å². The van der Waals surface area contributed by atoms with Crippen molar-refractivity contribution in [1.82, 2.24) is 10.5 Å². The van der Waals surface area contributed by atoms with Crippen molar-refractivity contribution in [3.63, 3.8) is 0 Å². The van der Waals surface area contributed by atoms with E-state index in [4.69, 9.17) is 4.52 Å². The topological polar surface area (TPSA) is 38.1 Å². The van der Waals surface area contributed by atoms with Crippen molar-refractivity contribution in [2.75, 3.05) is 0 Å². The number of nitrogens with one attached hydrogen (secondary N) is 1. The first-order chi connectivity index (χ1) is 9.08. The van der Waals surface area contributed by atoms with Gasteiger partial charge in [0.1, 0.15) is 5.76 Å². The van der Waals surface area contributed by atoms with Gasteiger partial charge >= 0.3 is 0 Å². The summed E-state index contributed by atoms with van der Waals surface area (Å²) in [6.07, 6.45) is -2.41. The van der Waals surface area contributed by atoms with Crippen molar-refractivity contribution < 1.29 is 13.3 Å². The molecule has 0 saturated carbocycles. The second-order valence-corrected chi connectivity index (χ2v) is 4.45. The van der Waals surface area contributed by atoms with Crippen LogP contribution in [-0.2, 0) is 13.1 Å². The van der Waals surface area contributed by atoms with Gasteiger partial charge in [0.25, 0.3) is 6.43 Å². The summed E-state index contributed by atoms with van der Waals surface area (Å²) in [6.45, 7) is 5.03. The minimum Gasteiger partial charge on any atom is -0.361 e. The van der Waals surface area contributed by atoms with Crippen molar-refractivity contribution in [3.05, 3.63) is 52.4 Å². The van der Waals surface area contributed by atoms with Crippen LogP contribution >= 0.6 is 0 Å². The van der Waals surface area contributed by atoms with E-state index in [-0.39, 0.29) is 5.56 Å². The molecule has 0 radical (unpaired) electrons. The Morgan fingerprint density at radius 2 is 1.84 bits per heavy atom. The first-order valence-electron chi connectivity index (χ1n) is 6.07. The van der Waals surface area contributed by atoms with E-state index in [0.29, 0.717) is 13.1 Å². The minimum atomic E-state index is -2.41. The molecule has 0 aliphatic rings. The summed E-state index contributed by atoms with van der Waals surface area (Å²) in [6, 6.07) is 6.33. The summed E-state index contributed by atoms with van der Waals surface area (Å²) < 4.78 is 29.9. The Labute approximate surface area is 110 Å². The molecular formula is C14H16F2N2O. The lowest BCUT2D eigenvalue weighted by Gasteiger charge is -2.06. The van der Waals surface area contributed by atoms with E-state index >= 15 is 0 Å². The number of aryl methyl sites for hydroxylation is 2. The highest BCUT2D eigenvalue weighted by molar-refractivity contribution is 5.24. The fourth-order valence-electron chi connectivity index (χ4n) is 1.87. The number of hydrogen-bond acceptors (Lipinski definition) is 3. The lowest BCUT2D eigenvalue weighted by Crippen LogP contribution is -2.13. The molecule has 0 aliphatic heterocycles. The standard InChI is InChI=1S/C14H16F2N2O/c1-9-13(10(2)19-18-9)8-17-7-11-3-5-12(6-4-11)14(15)16/h3-6,14,17H,7-8H2,1-2H3. The van der Waals surface area contributed by atoms with Crippen LogP contribution < -0.4 is 5.32 Å². The molecule has 1 heterocycles. The molecule has 0 saturated heterocycles. The first-order valence-corrected chi connectivity index (χ1v) is 6.07. The largest absolute Gasteiger partial charge is 0.361 e. The zero-order valence-corrected chi connectivity index (χ0v) is 10.9. The Balaban J connectivity index is 1.89. The van der Waals surface area contributed by atoms with Crippen LogP contribution in [0.3, 0.4) is 0 Å². The van der Waals surface area contributed by atoms with Gasteiger partial charge in [0.2, 0.25) is 0 Å². The third kappa shape index (κ3) is 3.38. The Morgan fingerprint density at radius 1 is 1.16 bits per heavy atom. The highest BCUT2D eigenvalue weighted by Crippen LogP contribution is 2.18. The molecule has 0 unspecified atom stereocenters. The van der Waals surface area contributed by atoms with E-state index < -0.39 is 6.43 Å². The van der Waals surface area contributed by atoms with Crippen LogP contribution in [0.1, 0.15) is 34.6 Å². The fourth-order valence-corrected chi connectivity index (χ4v) is 1.87. The van der Waals surface area contributed by atoms with Crippen molar-refractivity contribution in [2.24, 2.45) is 0 Å². The zero-order valence-electron chi connectivity index (χ0n) is 10.9. The number of alkyl halides is 2. The van der Waals surface area contributed by atoms with Crippen LogP contribution in [0.4, 0.5) is 8.78 Å².